The van der Waals surface area contributed by atoms with Crippen LogP contribution in [0.4, 0.5) is 0 Å². The lowest BCUT2D eigenvalue weighted by atomic mass is 9.88. The van der Waals surface area contributed by atoms with Crippen molar-refractivity contribution in [2.24, 2.45) is 5.92 Å². The molecule has 130 valence electrons. The molecule has 1 fully saturated rings. The van der Waals surface area contributed by atoms with Crippen LogP contribution in [0.2, 0.25) is 0 Å². The fourth-order valence-corrected chi connectivity index (χ4v) is 4.96. The number of nitrogens with zero attached hydrogens (tertiary/aromatic N) is 2. The predicted octanol–water partition coefficient (Wildman–Crippen LogP) is 3.59. The van der Waals surface area contributed by atoms with Crippen LogP contribution < -0.4 is 5.56 Å². The highest BCUT2D eigenvalue weighted by Crippen LogP contribution is 2.33. The highest BCUT2D eigenvalue weighted by atomic mass is 32.2. The molecule has 3 rings (SSSR count). The number of thioether (sulfide) groups is 1. The van der Waals surface area contributed by atoms with E-state index in [0.29, 0.717) is 10.6 Å². The number of nitrogens with one attached hydrogen (secondary N) is 1. The number of aromatic nitrogens is 2. The van der Waals surface area contributed by atoms with Crippen LogP contribution in [-0.2, 0) is 5.75 Å². The molecule has 0 bridgehead atoms. The molecule has 0 saturated heterocycles. The van der Waals surface area contributed by atoms with Crippen molar-refractivity contribution in [3.63, 3.8) is 0 Å². The molecular weight excluding hydrogens is 318 g/mol. The van der Waals surface area contributed by atoms with E-state index in [4.69, 9.17) is 4.98 Å². The van der Waals surface area contributed by atoms with E-state index < -0.39 is 0 Å². The van der Waals surface area contributed by atoms with Gasteiger partial charge >= 0.3 is 0 Å². The van der Waals surface area contributed by atoms with Gasteiger partial charge in [-0.05, 0) is 57.8 Å². The molecule has 1 saturated carbocycles. The van der Waals surface area contributed by atoms with E-state index in [2.05, 4.69) is 24.0 Å². The number of hydrogen-bond donors (Lipinski definition) is 1. The van der Waals surface area contributed by atoms with Gasteiger partial charge in [0.2, 0.25) is 0 Å². The molecule has 0 spiro atoms. The van der Waals surface area contributed by atoms with E-state index in [-0.39, 0.29) is 5.56 Å². The summed E-state index contributed by atoms with van der Waals surface area (Å²) in [6.07, 6.45) is 5.22. The van der Waals surface area contributed by atoms with E-state index in [0.717, 1.165) is 28.6 Å². The lowest BCUT2D eigenvalue weighted by Gasteiger charge is -2.30. The molecule has 2 aromatic rings. The van der Waals surface area contributed by atoms with Crippen molar-refractivity contribution in [3.8, 4) is 0 Å². The SMILES string of the molecule is Cc1cccc2c(=O)[nH]c(CS[C@H]3CCC[C@@H](CN(C)C)C3)nc12. The van der Waals surface area contributed by atoms with E-state index in [1.807, 2.05) is 36.9 Å². The average Bonchev–Trinajstić information content (AvgIpc) is 2.54. The Bertz CT molecular complexity index is 756. The van der Waals surface area contributed by atoms with Gasteiger partial charge in [0.05, 0.1) is 16.7 Å². The molecule has 1 aliphatic rings. The third-order valence-corrected chi connectivity index (χ3v) is 6.14. The van der Waals surface area contributed by atoms with Gasteiger partial charge in [-0.1, -0.05) is 18.6 Å². The summed E-state index contributed by atoms with van der Waals surface area (Å²) in [6.45, 7) is 3.19. The van der Waals surface area contributed by atoms with Gasteiger partial charge in [0.15, 0.2) is 0 Å². The van der Waals surface area contributed by atoms with Gasteiger partial charge in [0, 0.05) is 11.8 Å². The lowest BCUT2D eigenvalue weighted by Crippen LogP contribution is -2.27. The minimum atomic E-state index is -0.0200. The first-order chi connectivity index (χ1) is 11.5. The smallest absolute Gasteiger partial charge is 0.258 e. The summed E-state index contributed by atoms with van der Waals surface area (Å²) in [5.74, 6) is 2.40. The summed E-state index contributed by atoms with van der Waals surface area (Å²) < 4.78 is 0. The zero-order valence-electron chi connectivity index (χ0n) is 14.8. The van der Waals surface area contributed by atoms with Crippen LogP contribution in [0.25, 0.3) is 10.9 Å². The Morgan fingerprint density at radius 2 is 2.17 bits per heavy atom. The second kappa shape index (κ2) is 7.70. The second-order valence-corrected chi connectivity index (χ2v) is 8.50. The van der Waals surface area contributed by atoms with Crippen LogP contribution in [0, 0.1) is 12.8 Å². The molecule has 1 aliphatic carbocycles. The molecule has 1 N–H and O–H groups in total. The highest BCUT2D eigenvalue weighted by Gasteiger charge is 2.23. The van der Waals surface area contributed by atoms with Crippen molar-refractivity contribution < 1.29 is 0 Å². The number of H-pyrrole nitrogens is 1. The van der Waals surface area contributed by atoms with Gasteiger partial charge in [-0.15, -0.1) is 0 Å². The molecule has 5 heteroatoms. The Kier molecular flexibility index (Phi) is 5.61. The van der Waals surface area contributed by atoms with Gasteiger partial charge in [-0.3, -0.25) is 4.79 Å². The molecule has 24 heavy (non-hydrogen) atoms. The third-order valence-electron chi connectivity index (χ3n) is 4.80. The second-order valence-electron chi connectivity index (χ2n) is 7.21. The van der Waals surface area contributed by atoms with E-state index in [1.54, 1.807) is 0 Å². The minimum Gasteiger partial charge on any atom is -0.309 e. The van der Waals surface area contributed by atoms with Crippen molar-refractivity contribution in [2.45, 2.75) is 43.6 Å². The van der Waals surface area contributed by atoms with Crippen LogP contribution >= 0.6 is 11.8 Å². The number of aromatic amines is 1. The number of aryl methyl sites for hydroxylation is 1. The monoisotopic (exact) mass is 345 g/mol. The van der Waals surface area contributed by atoms with E-state index in [1.165, 1.54) is 32.2 Å². The normalized spacial score (nSPS) is 21.5. The number of benzene rings is 1. The van der Waals surface area contributed by atoms with Crippen molar-refractivity contribution in [1.82, 2.24) is 14.9 Å². The third kappa shape index (κ3) is 4.19. The molecule has 1 aromatic heterocycles. The van der Waals surface area contributed by atoms with Crippen molar-refractivity contribution in [3.05, 3.63) is 39.9 Å². The molecule has 1 aromatic carbocycles. The standard InChI is InChI=1S/C19H27N3OS/c1-13-6-4-9-16-18(13)20-17(21-19(16)23)12-24-15-8-5-7-14(10-15)11-22(2)3/h4,6,9,14-15H,5,7-8,10-12H2,1-3H3,(H,20,21,23)/t14-,15+/m1/s1. The first kappa shape index (κ1) is 17.5. The zero-order valence-corrected chi connectivity index (χ0v) is 15.7. The number of para-hydroxylation sites is 1. The van der Waals surface area contributed by atoms with Gasteiger partial charge in [0.25, 0.3) is 5.56 Å². The maximum Gasteiger partial charge on any atom is 0.258 e. The van der Waals surface area contributed by atoms with Gasteiger partial charge < -0.3 is 9.88 Å². The summed E-state index contributed by atoms with van der Waals surface area (Å²) in [5.41, 5.74) is 1.88. The quantitative estimate of drug-likeness (QED) is 0.900. The summed E-state index contributed by atoms with van der Waals surface area (Å²) in [4.78, 5) is 22.2. The Hall–Kier alpha value is -1.33. The van der Waals surface area contributed by atoms with Crippen molar-refractivity contribution >= 4 is 22.7 Å². The van der Waals surface area contributed by atoms with Crippen LogP contribution in [0.1, 0.15) is 37.1 Å². The van der Waals surface area contributed by atoms with Crippen molar-refractivity contribution in [1.29, 1.82) is 0 Å². The summed E-state index contributed by atoms with van der Waals surface area (Å²) in [7, 11) is 4.31. The maximum absolute atomic E-state index is 12.3. The zero-order chi connectivity index (χ0) is 17.1. The van der Waals surface area contributed by atoms with Gasteiger partial charge in [-0.2, -0.15) is 11.8 Å². The molecule has 0 amide bonds. The Balaban J connectivity index is 1.67. The largest absolute Gasteiger partial charge is 0.309 e. The number of rotatable bonds is 5. The minimum absolute atomic E-state index is 0.0200. The van der Waals surface area contributed by atoms with Crippen LogP contribution in [-0.4, -0.2) is 40.8 Å². The number of hydrogen-bond acceptors (Lipinski definition) is 4. The van der Waals surface area contributed by atoms with Gasteiger partial charge in [0.1, 0.15) is 5.82 Å². The Morgan fingerprint density at radius 3 is 2.96 bits per heavy atom. The topological polar surface area (TPSA) is 49.0 Å². The van der Waals surface area contributed by atoms with Gasteiger partial charge in [-0.25, -0.2) is 4.98 Å². The van der Waals surface area contributed by atoms with Crippen LogP contribution in [0.15, 0.2) is 23.0 Å². The fraction of sp³-hybridized carbons (Fsp3) is 0.579. The maximum atomic E-state index is 12.3. The van der Waals surface area contributed by atoms with Crippen LogP contribution in [0.5, 0.6) is 0 Å². The fourth-order valence-electron chi connectivity index (χ4n) is 3.69. The highest BCUT2D eigenvalue weighted by molar-refractivity contribution is 7.99. The lowest BCUT2D eigenvalue weighted by molar-refractivity contribution is 0.268. The molecule has 1 heterocycles. The summed E-state index contributed by atoms with van der Waals surface area (Å²) >= 11 is 1.95. The van der Waals surface area contributed by atoms with E-state index >= 15 is 0 Å². The average molecular weight is 346 g/mol. The summed E-state index contributed by atoms with van der Waals surface area (Å²) in [6, 6.07) is 5.77. The molecule has 0 radical (unpaired) electrons. The van der Waals surface area contributed by atoms with E-state index in [9.17, 15) is 4.79 Å². The van der Waals surface area contributed by atoms with Crippen molar-refractivity contribution in [2.75, 3.05) is 20.6 Å². The number of fused-ring (bicyclic) bond motifs is 1. The Labute approximate surface area is 148 Å². The predicted molar refractivity (Wildman–Crippen MR) is 103 cm³/mol. The summed E-state index contributed by atoms with van der Waals surface area (Å²) in [5, 5.41) is 1.37. The first-order valence-corrected chi connectivity index (χ1v) is 9.82. The first-order valence-electron chi connectivity index (χ1n) is 8.78. The Morgan fingerprint density at radius 1 is 1.33 bits per heavy atom. The molecular formula is C19H27N3OS. The van der Waals surface area contributed by atoms with Crippen LogP contribution in [0.3, 0.4) is 0 Å². The molecule has 0 aliphatic heterocycles. The molecule has 0 unspecified atom stereocenters. The molecule has 4 nitrogen and oxygen atoms in total. The molecule has 2 atom stereocenters.